The maximum Gasteiger partial charge on any atom is 1.00 e. The zero-order valence-corrected chi connectivity index (χ0v) is 18.4. The van der Waals surface area contributed by atoms with E-state index in [1.807, 2.05) is 32.0 Å². The fourth-order valence-corrected chi connectivity index (χ4v) is 2.45. The van der Waals surface area contributed by atoms with Crippen molar-refractivity contribution < 1.29 is 54.5 Å². The molecule has 2 rings (SSSR count). The second-order valence-corrected chi connectivity index (χ2v) is 6.65. The Hall–Kier alpha value is -1.86. The summed E-state index contributed by atoms with van der Waals surface area (Å²) in [7, 11) is 0. The Kier molecular flexibility index (Phi) is 9.75. The van der Waals surface area contributed by atoms with Crippen molar-refractivity contribution in [3.05, 3.63) is 59.2 Å². The van der Waals surface area contributed by atoms with Gasteiger partial charge in [0.05, 0.1) is 12.4 Å². The maximum absolute atomic E-state index is 12.2. The summed E-state index contributed by atoms with van der Waals surface area (Å²) in [5.41, 5.74) is 2.35. The average Bonchev–Trinajstić information content (AvgIpc) is 2.47. The molecule has 6 nitrogen and oxygen atoms in total. The number of hydrogen-bond acceptors (Lipinski definition) is 4. The van der Waals surface area contributed by atoms with Gasteiger partial charge in [-0.3, -0.25) is 4.79 Å². The van der Waals surface area contributed by atoms with E-state index >= 15 is 0 Å². The van der Waals surface area contributed by atoms with E-state index in [0.29, 0.717) is 5.75 Å². The van der Waals surface area contributed by atoms with Gasteiger partial charge in [-0.15, -0.1) is 0 Å². The van der Waals surface area contributed by atoms with Crippen LogP contribution in [0.5, 0.6) is 5.75 Å². The first-order chi connectivity index (χ1) is 11.7. The summed E-state index contributed by atoms with van der Waals surface area (Å²) < 4.78 is 5.38. The molecule has 140 valence electrons. The number of carboxylic acid groups (broad SMARTS) is 1. The number of ether oxygens (including phenoxy) is 1. The molecule has 2 aromatic carbocycles. The van der Waals surface area contributed by atoms with E-state index in [1.54, 1.807) is 24.3 Å². The first kappa shape index (κ1) is 25.1. The number of rotatable bonds is 6. The molecule has 0 aliphatic carbocycles. The van der Waals surface area contributed by atoms with Crippen LogP contribution in [0.4, 0.5) is 5.69 Å². The number of benzene rings is 2. The fourth-order valence-electron chi connectivity index (χ4n) is 2.45. The van der Waals surface area contributed by atoms with Crippen LogP contribution in [0.25, 0.3) is 0 Å². The molecule has 1 amide bonds. The third-order valence-electron chi connectivity index (χ3n) is 3.66. The number of amides is 1. The Morgan fingerprint density at radius 2 is 1.56 bits per heavy atom. The molecule has 0 unspecified atom stereocenters. The van der Waals surface area contributed by atoms with Crippen LogP contribution in [0, 0.1) is 13.8 Å². The molecule has 0 saturated heterocycles. The van der Waals surface area contributed by atoms with Gasteiger partial charge in [-0.1, -0.05) is 18.2 Å². The third kappa shape index (κ3) is 7.72. The average molecular weight is 381 g/mol. The van der Waals surface area contributed by atoms with Crippen LogP contribution in [0.15, 0.2) is 42.5 Å². The first-order valence-corrected chi connectivity index (χ1v) is 8.03. The van der Waals surface area contributed by atoms with Crippen molar-refractivity contribution in [2.75, 3.05) is 5.32 Å². The van der Waals surface area contributed by atoms with Gasteiger partial charge in [-0.25, -0.2) is 0 Å². The molecule has 7 heteroatoms. The van der Waals surface area contributed by atoms with Gasteiger partial charge in [-0.2, -0.15) is 0 Å². The summed E-state index contributed by atoms with van der Waals surface area (Å²) in [6.45, 7) is 6.81. The second kappa shape index (κ2) is 10.5. The molecule has 27 heavy (non-hydrogen) atoms. The summed E-state index contributed by atoms with van der Waals surface area (Å²) >= 11 is 0. The van der Waals surface area contributed by atoms with Crippen LogP contribution in [-0.4, -0.2) is 23.0 Å². The first-order valence-electron chi connectivity index (χ1n) is 8.03. The Morgan fingerprint density at radius 3 is 2.04 bits per heavy atom. The molecule has 0 saturated carbocycles. The summed E-state index contributed by atoms with van der Waals surface area (Å²) in [5, 5.41) is 13.9. The van der Waals surface area contributed by atoms with Gasteiger partial charge < -0.3 is 25.4 Å². The minimum atomic E-state index is -1.41. The Labute approximate surface area is 181 Å². The quantitative estimate of drug-likeness (QED) is 0.619. The smallest absolute Gasteiger partial charge is 0.546 e. The molecule has 0 fully saturated rings. The molecular formula is C20H24NNaO5. The monoisotopic (exact) mass is 381 g/mol. The Bertz CT molecular complexity index is 767. The van der Waals surface area contributed by atoms with Crippen molar-refractivity contribution in [3.63, 3.8) is 0 Å². The van der Waals surface area contributed by atoms with Gasteiger partial charge >= 0.3 is 29.6 Å². The van der Waals surface area contributed by atoms with Crippen molar-refractivity contribution >= 4 is 17.6 Å². The van der Waals surface area contributed by atoms with Crippen LogP contribution in [0.2, 0.25) is 0 Å². The minimum absolute atomic E-state index is 0. The Balaban J connectivity index is 0.00000338. The molecule has 0 spiro atoms. The van der Waals surface area contributed by atoms with Crippen LogP contribution >= 0.6 is 0 Å². The molecule has 0 radical (unpaired) electrons. The number of anilines is 1. The normalized spacial score (nSPS) is 10.2. The Morgan fingerprint density at radius 1 is 1.04 bits per heavy atom. The largest absolute Gasteiger partial charge is 1.00 e. The van der Waals surface area contributed by atoms with Crippen molar-refractivity contribution in [1.29, 1.82) is 0 Å². The van der Waals surface area contributed by atoms with Crippen LogP contribution in [0.3, 0.4) is 0 Å². The molecule has 0 heterocycles. The van der Waals surface area contributed by atoms with E-state index in [-0.39, 0.29) is 47.4 Å². The number of carbonyl (C=O) groups is 2. The fraction of sp³-hybridized carbons (Fsp3) is 0.300. The topological polar surface area (TPSA) is 110 Å². The number of nitrogens with one attached hydrogen (secondary N) is 1. The molecule has 0 aliphatic rings. The molecule has 3 N–H and O–H groups in total. The SMILES string of the molecule is Cc1cc(C)cc(NC(=O)Cc2ccc(OC(C)(C)C(=O)[O-])cc2)c1.O.[Na+]. The summed E-state index contributed by atoms with van der Waals surface area (Å²) in [6, 6.07) is 12.6. The number of carbonyl (C=O) groups excluding carboxylic acids is 2. The zero-order valence-electron chi connectivity index (χ0n) is 16.4. The summed E-state index contributed by atoms with van der Waals surface area (Å²) in [5.74, 6) is -0.995. The van der Waals surface area contributed by atoms with Crippen molar-refractivity contribution in [2.24, 2.45) is 0 Å². The number of aryl methyl sites for hydroxylation is 2. The maximum atomic E-state index is 12.2. The number of hydrogen-bond donors (Lipinski definition) is 1. The van der Waals surface area contributed by atoms with E-state index in [2.05, 4.69) is 5.32 Å². The molecule has 0 aromatic heterocycles. The second-order valence-electron chi connectivity index (χ2n) is 6.65. The van der Waals surface area contributed by atoms with Gasteiger partial charge in [0.2, 0.25) is 5.91 Å². The van der Waals surface area contributed by atoms with E-state index in [1.165, 1.54) is 13.8 Å². The number of carboxylic acids is 1. The number of aliphatic carboxylic acids is 1. The summed E-state index contributed by atoms with van der Waals surface area (Å²) in [6.07, 6.45) is 0.219. The third-order valence-corrected chi connectivity index (χ3v) is 3.66. The van der Waals surface area contributed by atoms with Crippen LogP contribution < -0.4 is 44.7 Å². The molecule has 2 aromatic rings. The zero-order chi connectivity index (χ0) is 18.6. The van der Waals surface area contributed by atoms with Crippen LogP contribution in [-0.2, 0) is 16.0 Å². The predicted molar refractivity (Wildman–Crippen MR) is 98.0 cm³/mol. The molecule has 0 aliphatic heterocycles. The van der Waals surface area contributed by atoms with E-state index in [9.17, 15) is 14.7 Å². The molecule has 0 atom stereocenters. The van der Waals surface area contributed by atoms with Crippen molar-refractivity contribution in [3.8, 4) is 5.75 Å². The molecule has 0 bridgehead atoms. The van der Waals surface area contributed by atoms with Gasteiger partial charge in [0.1, 0.15) is 11.4 Å². The molecular weight excluding hydrogens is 357 g/mol. The predicted octanol–water partition coefficient (Wildman–Crippen LogP) is -1.43. The van der Waals surface area contributed by atoms with Gasteiger partial charge in [-0.05, 0) is 68.7 Å². The van der Waals surface area contributed by atoms with Gasteiger partial charge in [0.15, 0.2) is 0 Å². The van der Waals surface area contributed by atoms with Crippen LogP contribution in [0.1, 0.15) is 30.5 Å². The van der Waals surface area contributed by atoms with E-state index in [4.69, 9.17) is 4.74 Å². The van der Waals surface area contributed by atoms with Crippen molar-refractivity contribution in [1.82, 2.24) is 0 Å². The van der Waals surface area contributed by atoms with E-state index in [0.717, 1.165) is 22.4 Å². The standard InChI is InChI=1S/C20H23NO4.Na.H2O/c1-13-9-14(2)11-16(10-13)21-18(22)12-15-5-7-17(8-6-15)25-20(3,4)19(23)24;;/h5-11H,12H2,1-4H3,(H,21,22)(H,23,24);;1H2/q;+1;/p-1. The van der Waals surface area contributed by atoms with E-state index < -0.39 is 11.6 Å². The minimum Gasteiger partial charge on any atom is -0.546 e. The van der Waals surface area contributed by atoms with Gasteiger partial charge in [0.25, 0.3) is 0 Å². The summed E-state index contributed by atoms with van der Waals surface area (Å²) in [4.78, 5) is 23.1. The van der Waals surface area contributed by atoms with Crippen molar-refractivity contribution in [2.45, 2.75) is 39.7 Å². The van der Waals surface area contributed by atoms with Gasteiger partial charge in [0, 0.05) is 5.69 Å².